The first-order valence-corrected chi connectivity index (χ1v) is 14.9. The third kappa shape index (κ3) is 5.06. The molecular weight excluding hydrogens is 488 g/mol. The standard InChI is InChI=1S/C29H38N2O5S/c1-4-36-29-18-25-20(16-28(29)35-3)14-15-31(37(32,33)23-8-6-5-7-9-23)27(25)13-10-21-19-30-26-12-11-22(34-2)17-24(21)26/h11-12,16-19,23,27,30H,4-10,13-15H2,1-3H3/t27-/m0/s1. The van der Waals surface area contributed by atoms with Crippen LogP contribution >= 0.6 is 0 Å². The smallest absolute Gasteiger partial charge is 0.217 e. The number of nitrogens with one attached hydrogen (secondary N) is 1. The maximum Gasteiger partial charge on any atom is 0.217 e. The number of hydrogen-bond donors (Lipinski definition) is 1. The highest BCUT2D eigenvalue weighted by atomic mass is 32.2. The zero-order valence-electron chi connectivity index (χ0n) is 22.1. The van der Waals surface area contributed by atoms with Crippen LogP contribution in [0.2, 0.25) is 0 Å². The number of sulfonamides is 1. The summed E-state index contributed by atoms with van der Waals surface area (Å²) in [6.07, 6.45) is 8.74. The fourth-order valence-corrected chi connectivity index (χ4v) is 8.29. The minimum absolute atomic E-state index is 0.253. The predicted molar refractivity (Wildman–Crippen MR) is 146 cm³/mol. The summed E-state index contributed by atoms with van der Waals surface area (Å²) >= 11 is 0. The summed E-state index contributed by atoms with van der Waals surface area (Å²) in [5, 5.41) is 0.828. The molecule has 1 saturated carbocycles. The summed E-state index contributed by atoms with van der Waals surface area (Å²) in [7, 11) is -0.109. The van der Waals surface area contributed by atoms with Crippen LogP contribution in [0.25, 0.3) is 10.9 Å². The number of aryl methyl sites for hydroxylation is 1. The molecule has 0 radical (unpaired) electrons. The summed E-state index contributed by atoms with van der Waals surface area (Å²) in [4.78, 5) is 3.36. The molecule has 1 aromatic heterocycles. The Kier molecular flexibility index (Phi) is 7.67. The molecule has 1 aliphatic carbocycles. The van der Waals surface area contributed by atoms with Gasteiger partial charge in [-0.05, 0) is 86.1 Å². The maximum atomic E-state index is 14.0. The third-order valence-electron chi connectivity index (χ3n) is 8.00. The van der Waals surface area contributed by atoms with Gasteiger partial charge in [-0.3, -0.25) is 0 Å². The lowest BCUT2D eigenvalue weighted by Gasteiger charge is -2.39. The van der Waals surface area contributed by atoms with Crippen molar-refractivity contribution >= 4 is 20.9 Å². The van der Waals surface area contributed by atoms with Crippen LogP contribution in [0.3, 0.4) is 0 Å². The molecule has 2 aromatic carbocycles. The molecule has 1 fully saturated rings. The highest BCUT2D eigenvalue weighted by Gasteiger charge is 2.40. The molecule has 1 atom stereocenters. The van der Waals surface area contributed by atoms with Crippen LogP contribution in [0.1, 0.15) is 68.2 Å². The van der Waals surface area contributed by atoms with Crippen molar-refractivity contribution in [3.8, 4) is 17.2 Å². The lowest BCUT2D eigenvalue weighted by atomic mass is 9.90. The number of fused-ring (bicyclic) bond motifs is 2. The second-order valence-corrected chi connectivity index (χ2v) is 12.2. The van der Waals surface area contributed by atoms with E-state index in [1.807, 2.05) is 47.8 Å². The highest BCUT2D eigenvalue weighted by molar-refractivity contribution is 7.89. The van der Waals surface area contributed by atoms with E-state index in [1.54, 1.807) is 14.2 Å². The third-order valence-corrected chi connectivity index (χ3v) is 10.4. The molecule has 3 aromatic rings. The molecule has 0 amide bonds. The van der Waals surface area contributed by atoms with Crippen molar-refractivity contribution in [2.24, 2.45) is 0 Å². The average Bonchev–Trinajstić information content (AvgIpc) is 3.33. The second-order valence-electron chi connectivity index (χ2n) is 10.1. The van der Waals surface area contributed by atoms with Crippen molar-refractivity contribution in [2.45, 2.75) is 69.6 Å². The number of methoxy groups -OCH3 is 2. The van der Waals surface area contributed by atoms with Gasteiger partial charge in [-0.25, -0.2) is 8.42 Å². The van der Waals surface area contributed by atoms with Gasteiger partial charge in [0.1, 0.15) is 5.75 Å². The number of rotatable bonds is 9. The van der Waals surface area contributed by atoms with E-state index < -0.39 is 10.0 Å². The van der Waals surface area contributed by atoms with Gasteiger partial charge in [0, 0.05) is 23.6 Å². The van der Waals surface area contributed by atoms with Crippen molar-refractivity contribution in [3.63, 3.8) is 0 Å². The Morgan fingerprint density at radius 3 is 2.57 bits per heavy atom. The molecule has 2 aliphatic rings. The summed E-state index contributed by atoms with van der Waals surface area (Å²) in [5.74, 6) is 2.18. The molecule has 1 aliphatic heterocycles. The SMILES string of the molecule is CCOc1cc2c(cc1OC)CCN(S(=O)(=O)C1CCCCC1)[C@H]2CCc1c[nH]c2ccc(OC)cc12. The number of hydrogen-bond acceptors (Lipinski definition) is 5. The molecule has 5 rings (SSSR count). The van der Waals surface area contributed by atoms with E-state index >= 15 is 0 Å². The number of aromatic amines is 1. The van der Waals surface area contributed by atoms with Crippen molar-refractivity contribution in [1.82, 2.24) is 9.29 Å². The van der Waals surface area contributed by atoms with Crippen molar-refractivity contribution in [1.29, 1.82) is 0 Å². The van der Waals surface area contributed by atoms with Gasteiger partial charge in [0.15, 0.2) is 11.5 Å². The first-order chi connectivity index (χ1) is 18.0. The molecule has 200 valence electrons. The lowest BCUT2D eigenvalue weighted by molar-refractivity contribution is 0.279. The quantitative estimate of drug-likeness (QED) is 0.382. The molecule has 8 heteroatoms. The minimum Gasteiger partial charge on any atom is -0.497 e. The molecule has 0 saturated heterocycles. The zero-order valence-corrected chi connectivity index (χ0v) is 22.9. The number of nitrogens with zero attached hydrogens (tertiary/aromatic N) is 1. The Morgan fingerprint density at radius 2 is 1.84 bits per heavy atom. The van der Waals surface area contributed by atoms with Crippen molar-refractivity contribution in [3.05, 3.63) is 53.2 Å². The zero-order chi connectivity index (χ0) is 26.0. The largest absolute Gasteiger partial charge is 0.497 e. The maximum absolute atomic E-state index is 14.0. The van der Waals surface area contributed by atoms with Crippen LogP contribution in [0.4, 0.5) is 0 Å². The van der Waals surface area contributed by atoms with Gasteiger partial charge in [0.2, 0.25) is 10.0 Å². The van der Waals surface area contributed by atoms with Gasteiger partial charge < -0.3 is 19.2 Å². The first-order valence-electron chi connectivity index (χ1n) is 13.4. The Bertz CT molecular complexity index is 1340. The van der Waals surface area contributed by atoms with Crippen LogP contribution in [0, 0.1) is 0 Å². The van der Waals surface area contributed by atoms with Gasteiger partial charge in [0.05, 0.1) is 32.1 Å². The van der Waals surface area contributed by atoms with E-state index in [1.165, 1.54) is 0 Å². The Balaban J connectivity index is 1.52. The van der Waals surface area contributed by atoms with E-state index in [-0.39, 0.29) is 11.3 Å². The predicted octanol–water partition coefficient (Wildman–Crippen LogP) is 5.78. The number of ether oxygens (including phenoxy) is 3. The Labute approximate surface area is 220 Å². The fraction of sp³-hybridized carbons (Fsp3) is 0.517. The van der Waals surface area contributed by atoms with E-state index in [4.69, 9.17) is 14.2 Å². The van der Waals surface area contributed by atoms with E-state index in [9.17, 15) is 8.42 Å². The van der Waals surface area contributed by atoms with Crippen molar-refractivity contribution in [2.75, 3.05) is 27.4 Å². The van der Waals surface area contributed by atoms with Crippen LogP contribution < -0.4 is 14.2 Å². The Morgan fingerprint density at radius 1 is 1.03 bits per heavy atom. The number of aromatic nitrogens is 1. The van der Waals surface area contributed by atoms with Crippen molar-refractivity contribution < 1.29 is 22.6 Å². The van der Waals surface area contributed by atoms with Gasteiger partial charge in [-0.1, -0.05) is 19.3 Å². The molecule has 0 bridgehead atoms. The summed E-state index contributed by atoms with van der Waals surface area (Å²) in [6.45, 7) is 2.96. The van der Waals surface area contributed by atoms with Crippen LogP contribution in [-0.4, -0.2) is 50.3 Å². The first kappa shape index (κ1) is 25.9. The summed E-state index contributed by atoms with van der Waals surface area (Å²) < 4.78 is 46.8. The Hall–Kier alpha value is -2.71. The van der Waals surface area contributed by atoms with Gasteiger partial charge >= 0.3 is 0 Å². The van der Waals surface area contributed by atoms with E-state index in [0.29, 0.717) is 37.5 Å². The summed E-state index contributed by atoms with van der Waals surface area (Å²) in [5.41, 5.74) is 4.39. The van der Waals surface area contributed by atoms with E-state index in [0.717, 1.165) is 71.9 Å². The molecule has 0 unspecified atom stereocenters. The molecule has 2 heterocycles. The van der Waals surface area contributed by atoms with Crippen LogP contribution in [0.5, 0.6) is 17.2 Å². The molecule has 37 heavy (non-hydrogen) atoms. The molecule has 7 nitrogen and oxygen atoms in total. The highest BCUT2D eigenvalue weighted by Crippen LogP contribution is 2.43. The normalized spacial score (nSPS) is 19.1. The molecular formula is C29H38N2O5S. The molecule has 0 spiro atoms. The minimum atomic E-state index is -3.43. The number of H-pyrrole nitrogens is 1. The summed E-state index contributed by atoms with van der Waals surface area (Å²) in [6, 6.07) is 9.81. The fourth-order valence-electron chi connectivity index (χ4n) is 6.06. The average molecular weight is 527 g/mol. The molecule has 1 N–H and O–H groups in total. The monoisotopic (exact) mass is 526 g/mol. The van der Waals surface area contributed by atoms with Crippen LogP contribution in [-0.2, 0) is 22.9 Å². The van der Waals surface area contributed by atoms with Gasteiger partial charge in [-0.2, -0.15) is 4.31 Å². The second kappa shape index (κ2) is 11.0. The van der Waals surface area contributed by atoms with Gasteiger partial charge in [-0.15, -0.1) is 0 Å². The van der Waals surface area contributed by atoms with Gasteiger partial charge in [0.25, 0.3) is 0 Å². The van der Waals surface area contributed by atoms with Crippen LogP contribution in [0.15, 0.2) is 36.5 Å². The number of benzene rings is 2. The topological polar surface area (TPSA) is 80.9 Å². The lowest BCUT2D eigenvalue weighted by Crippen LogP contribution is -2.45. The van der Waals surface area contributed by atoms with E-state index in [2.05, 4.69) is 4.98 Å².